The smallest absolute Gasteiger partial charge is 0.324 e. The van der Waals surface area contributed by atoms with Crippen LogP contribution in [-0.4, -0.2) is 34.7 Å². The predicted octanol–water partition coefficient (Wildman–Crippen LogP) is 5.34. The Hall–Kier alpha value is -1.27. The van der Waals surface area contributed by atoms with Crippen LogP contribution in [0.15, 0.2) is 46.9 Å². The summed E-state index contributed by atoms with van der Waals surface area (Å²) in [6.45, 7) is 2.75. The Kier molecular flexibility index (Phi) is 5.82. The van der Waals surface area contributed by atoms with Crippen molar-refractivity contribution < 1.29 is 9.90 Å². The Bertz CT molecular complexity index is 816. The van der Waals surface area contributed by atoms with Gasteiger partial charge in [0.2, 0.25) is 0 Å². The van der Waals surface area contributed by atoms with Gasteiger partial charge in [0.25, 0.3) is 0 Å². The summed E-state index contributed by atoms with van der Waals surface area (Å²) >= 11 is 15.6. The molecule has 2 amide bonds. The van der Waals surface area contributed by atoms with E-state index >= 15 is 0 Å². The first-order chi connectivity index (χ1) is 12.3. The number of anilines is 1. The quantitative estimate of drug-likeness (QED) is 0.673. The number of halogens is 3. The van der Waals surface area contributed by atoms with Crippen LogP contribution in [0.1, 0.15) is 18.9 Å². The fourth-order valence-corrected chi connectivity index (χ4v) is 3.76. The summed E-state index contributed by atoms with van der Waals surface area (Å²) in [5.41, 5.74) is 0.553. The minimum absolute atomic E-state index is 0.156. The van der Waals surface area contributed by atoms with Crippen LogP contribution in [0.2, 0.25) is 10.0 Å². The molecular weight excluding hydrogens is 439 g/mol. The summed E-state index contributed by atoms with van der Waals surface area (Å²) in [5.74, 6) is 0. The molecule has 0 bridgehead atoms. The van der Waals surface area contributed by atoms with Gasteiger partial charge in [-0.2, -0.15) is 0 Å². The lowest BCUT2D eigenvalue weighted by atomic mass is 9.96. The van der Waals surface area contributed by atoms with Crippen LogP contribution in [0.3, 0.4) is 0 Å². The number of aliphatic hydroxyl groups is 1. The molecule has 3 rings (SSSR count). The van der Waals surface area contributed by atoms with E-state index in [0.29, 0.717) is 23.0 Å². The summed E-state index contributed by atoms with van der Waals surface area (Å²) in [6.07, 6.45) is 0.540. The van der Waals surface area contributed by atoms with Crippen LogP contribution in [-0.2, 0) is 6.54 Å². The molecule has 2 aromatic rings. The molecular formula is C19H19BrCl2N2O2. The molecule has 1 heterocycles. The lowest BCUT2D eigenvalue weighted by Crippen LogP contribution is -2.62. The third-order valence-electron chi connectivity index (χ3n) is 4.61. The van der Waals surface area contributed by atoms with Gasteiger partial charge in [-0.1, -0.05) is 52.1 Å². The maximum atomic E-state index is 13.1. The number of hydrogen-bond donors (Lipinski definition) is 1. The van der Waals surface area contributed by atoms with E-state index < -0.39 is 5.60 Å². The van der Waals surface area contributed by atoms with Crippen molar-refractivity contribution in [3.05, 3.63) is 62.5 Å². The summed E-state index contributed by atoms with van der Waals surface area (Å²) in [5, 5.41) is 12.0. The molecule has 1 atom stereocenters. The second kappa shape index (κ2) is 7.77. The Morgan fingerprint density at radius 1 is 1.15 bits per heavy atom. The first kappa shape index (κ1) is 19.5. The summed E-state index contributed by atoms with van der Waals surface area (Å²) < 4.78 is 0.932. The van der Waals surface area contributed by atoms with Crippen LogP contribution < -0.4 is 4.90 Å². The van der Waals surface area contributed by atoms with Gasteiger partial charge in [-0.05, 0) is 48.4 Å². The number of nitrogens with zero attached hydrogens (tertiary/aromatic N) is 2. The number of carbonyl (C=O) groups is 1. The third kappa shape index (κ3) is 4.17. The third-order valence-corrected chi connectivity index (χ3v) is 5.73. The predicted molar refractivity (Wildman–Crippen MR) is 109 cm³/mol. The number of benzene rings is 2. The zero-order valence-electron chi connectivity index (χ0n) is 14.3. The van der Waals surface area contributed by atoms with Crippen molar-refractivity contribution in [3.8, 4) is 0 Å². The van der Waals surface area contributed by atoms with Gasteiger partial charge in [0.15, 0.2) is 0 Å². The molecule has 1 saturated heterocycles. The van der Waals surface area contributed by atoms with Crippen molar-refractivity contribution in [2.45, 2.75) is 25.5 Å². The SMILES string of the molecule is CCC1(O)CN(Cc2ccc(Cl)cc2Cl)C(=O)N(c2ccc(Br)cc2)C1. The molecule has 7 heteroatoms. The molecule has 0 saturated carbocycles. The van der Waals surface area contributed by atoms with E-state index in [-0.39, 0.29) is 19.1 Å². The maximum Gasteiger partial charge on any atom is 0.324 e. The van der Waals surface area contributed by atoms with Gasteiger partial charge in [-0.15, -0.1) is 0 Å². The standard InChI is InChI=1S/C19H19BrCl2N2O2/c1-2-19(26)11-23(10-13-3-6-15(21)9-17(13)22)18(25)24(12-19)16-7-4-14(20)5-8-16/h3-9,26H,2,10-12H2,1H3. The number of carbonyl (C=O) groups excluding carboxylic acids is 1. The van der Waals surface area contributed by atoms with Crippen molar-refractivity contribution >= 4 is 50.9 Å². The fraction of sp³-hybridized carbons (Fsp3) is 0.316. The zero-order valence-corrected chi connectivity index (χ0v) is 17.4. The molecule has 1 aliphatic rings. The van der Waals surface area contributed by atoms with E-state index in [0.717, 1.165) is 15.7 Å². The number of urea groups is 1. The van der Waals surface area contributed by atoms with Crippen molar-refractivity contribution in [1.29, 1.82) is 0 Å². The van der Waals surface area contributed by atoms with Gasteiger partial charge < -0.3 is 10.0 Å². The Morgan fingerprint density at radius 2 is 1.85 bits per heavy atom. The molecule has 0 spiro atoms. The molecule has 1 aliphatic heterocycles. The van der Waals surface area contributed by atoms with E-state index in [9.17, 15) is 9.90 Å². The normalized spacial score (nSPS) is 20.6. The minimum Gasteiger partial charge on any atom is -0.386 e. The topological polar surface area (TPSA) is 43.8 Å². The van der Waals surface area contributed by atoms with E-state index in [2.05, 4.69) is 15.9 Å². The van der Waals surface area contributed by atoms with Gasteiger partial charge >= 0.3 is 6.03 Å². The summed E-state index contributed by atoms with van der Waals surface area (Å²) in [4.78, 5) is 16.3. The average Bonchev–Trinajstić information content (AvgIpc) is 2.61. The molecule has 4 nitrogen and oxygen atoms in total. The van der Waals surface area contributed by atoms with Gasteiger partial charge in [0.05, 0.1) is 13.1 Å². The maximum absolute atomic E-state index is 13.1. The van der Waals surface area contributed by atoms with E-state index in [1.807, 2.05) is 37.3 Å². The minimum atomic E-state index is -0.986. The molecule has 26 heavy (non-hydrogen) atoms. The Balaban J connectivity index is 1.91. The fourth-order valence-electron chi connectivity index (χ4n) is 3.03. The van der Waals surface area contributed by atoms with Crippen molar-refractivity contribution in [2.24, 2.45) is 0 Å². The first-order valence-corrected chi connectivity index (χ1v) is 9.84. The van der Waals surface area contributed by atoms with Crippen molar-refractivity contribution in [1.82, 2.24) is 4.90 Å². The number of hydrogen-bond acceptors (Lipinski definition) is 2. The average molecular weight is 458 g/mol. The highest BCUT2D eigenvalue weighted by Crippen LogP contribution is 2.30. The van der Waals surface area contributed by atoms with Crippen LogP contribution in [0.4, 0.5) is 10.5 Å². The van der Waals surface area contributed by atoms with Crippen LogP contribution in [0.25, 0.3) is 0 Å². The lowest BCUT2D eigenvalue weighted by molar-refractivity contribution is 0.00190. The monoisotopic (exact) mass is 456 g/mol. The van der Waals surface area contributed by atoms with Gasteiger partial charge in [0, 0.05) is 26.8 Å². The molecule has 1 N–H and O–H groups in total. The second-order valence-electron chi connectivity index (χ2n) is 6.51. The summed E-state index contributed by atoms with van der Waals surface area (Å²) in [6, 6.07) is 12.5. The highest BCUT2D eigenvalue weighted by atomic mass is 79.9. The highest BCUT2D eigenvalue weighted by molar-refractivity contribution is 9.10. The number of rotatable bonds is 4. The van der Waals surface area contributed by atoms with Crippen LogP contribution >= 0.6 is 39.1 Å². The van der Waals surface area contributed by atoms with E-state index in [1.165, 1.54) is 0 Å². The van der Waals surface area contributed by atoms with Crippen molar-refractivity contribution in [2.75, 3.05) is 18.0 Å². The molecule has 2 aromatic carbocycles. The van der Waals surface area contributed by atoms with Gasteiger partial charge in [-0.25, -0.2) is 4.79 Å². The highest BCUT2D eigenvalue weighted by Gasteiger charge is 2.41. The zero-order chi connectivity index (χ0) is 18.9. The lowest BCUT2D eigenvalue weighted by Gasteiger charge is -2.44. The van der Waals surface area contributed by atoms with Crippen LogP contribution in [0.5, 0.6) is 0 Å². The first-order valence-electron chi connectivity index (χ1n) is 8.29. The Morgan fingerprint density at radius 3 is 2.46 bits per heavy atom. The van der Waals surface area contributed by atoms with Gasteiger partial charge in [-0.3, -0.25) is 4.90 Å². The molecule has 0 aromatic heterocycles. The molecule has 0 radical (unpaired) electrons. The van der Waals surface area contributed by atoms with E-state index in [4.69, 9.17) is 23.2 Å². The van der Waals surface area contributed by atoms with Crippen LogP contribution in [0, 0.1) is 0 Å². The molecule has 138 valence electrons. The van der Waals surface area contributed by atoms with E-state index in [1.54, 1.807) is 21.9 Å². The largest absolute Gasteiger partial charge is 0.386 e. The van der Waals surface area contributed by atoms with Crippen molar-refractivity contribution in [3.63, 3.8) is 0 Å². The van der Waals surface area contributed by atoms with Gasteiger partial charge in [0.1, 0.15) is 5.60 Å². The number of β-amino-alcohol motifs (C(OH)–C–C–N with tert-alkyl or cyclic N) is 1. The molecule has 1 fully saturated rings. The Labute approximate surface area is 171 Å². The second-order valence-corrected chi connectivity index (χ2v) is 8.27. The molecule has 1 unspecified atom stereocenters. The molecule has 0 aliphatic carbocycles. The number of amides is 2. The summed E-state index contributed by atoms with van der Waals surface area (Å²) in [7, 11) is 0.